The number of halogens is 1. The van der Waals surface area contributed by atoms with Crippen molar-refractivity contribution in [1.29, 1.82) is 0 Å². The van der Waals surface area contributed by atoms with E-state index in [2.05, 4.69) is 15.4 Å². The van der Waals surface area contributed by atoms with E-state index in [0.29, 0.717) is 25.5 Å². The van der Waals surface area contributed by atoms with Gasteiger partial charge in [-0.15, -0.1) is 0 Å². The highest BCUT2D eigenvalue weighted by Crippen LogP contribution is 2.22. The van der Waals surface area contributed by atoms with Crippen molar-refractivity contribution in [2.45, 2.75) is 13.0 Å². The smallest absolute Gasteiger partial charge is 0.289 e. The number of carbonyl (C=O) groups excluding carboxylic acids is 1. The van der Waals surface area contributed by atoms with Crippen LogP contribution in [-0.4, -0.2) is 48.8 Å². The molecular weight excluding hydrogens is 313 g/mol. The Hall–Kier alpha value is -2.25. The van der Waals surface area contributed by atoms with Gasteiger partial charge in [-0.2, -0.15) is 0 Å². The third-order valence-electron chi connectivity index (χ3n) is 4.05. The number of amides is 1. The molecule has 0 spiro atoms. The van der Waals surface area contributed by atoms with Crippen LogP contribution in [0.2, 0.25) is 0 Å². The summed E-state index contributed by atoms with van der Waals surface area (Å²) in [5.74, 6) is -0.399. The lowest BCUT2D eigenvalue weighted by Crippen LogP contribution is -2.43. The Morgan fingerprint density at radius 1 is 1.33 bits per heavy atom. The minimum atomic E-state index is -0.309. The number of rotatable bonds is 5. The van der Waals surface area contributed by atoms with Gasteiger partial charge >= 0.3 is 0 Å². The predicted molar refractivity (Wildman–Crippen MR) is 85.1 cm³/mol. The Balaban J connectivity index is 1.71. The van der Waals surface area contributed by atoms with Crippen LogP contribution in [0.1, 0.15) is 27.9 Å². The van der Waals surface area contributed by atoms with Crippen molar-refractivity contribution in [3.05, 3.63) is 53.2 Å². The third-order valence-corrected chi connectivity index (χ3v) is 4.05. The Bertz CT molecular complexity index is 681. The topological polar surface area (TPSA) is 67.6 Å². The SMILES string of the molecule is Cc1cc(C(=O)NCC(c2ccc(F)cc2)N2CCOCC2)on1. The second kappa shape index (κ2) is 7.55. The van der Waals surface area contributed by atoms with Gasteiger partial charge in [0.2, 0.25) is 5.76 Å². The van der Waals surface area contributed by atoms with Gasteiger partial charge in [0.25, 0.3) is 5.91 Å². The number of aromatic nitrogens is 1. The zero-order chi connectivity index (χ0) is 16.9. The number of morpholine rings is 1. The van der Waals surface area contributed by atoms with E-state index in [9.17, 15) is 9.18 Å². The monoisotopic (exact) mass is 333 g/mol. The standard InChI is InChI=1S/C17H20FN3O3/c1-12-10-16(24-20-12)17(22)19-11-15(21-6-8-23-9-7-21)13-2-4-14(18)5-3-13/h2-5,10,15H,6-9,11H2,1H3,(H,19,22). The summed E-state index contributed by atoms with van der Waals surface area (Å²) in [4.78, 5) is 14.4. The van der Waals surface area contributed by atoms with Gasteiger partial charge in [-0.25, -0.2) is 4.39 Å². The molecule has 0 bridgehead atoms. The van der Waals surface area contributed by atoms with E-state index in [1.54, 1.807) is 25.1 Å². The maximum absolute atomic E-state index is 13.2. The summed E-state index contributed by atoms with van der Waals surface area (Å²) in [6.07, 6.45) is 0. The fourth-order valence-corrected chi connectivity index (χ4v) is 2.78. The first kappa shape index (κ1) is 16.6. The minimum absolute atomic E-state index is 0.0533. The van der Waals surface area contributed by atoms with Crippen molar-refractivity contribution >= 4 is 5.91 Å². The van der Waals surface area contributed by atoms with E-state index in [-0.39, 0.29) is 23.5 Å². The second-order valence-electron chi connectivity index (χ2n) is 5.76. The van der Waals surface area contributed by atoms with Crippen molar-refractivity contribution in [3.8, 4) is 0 Å². The second-order valence-corrected chi connectivity index (χ2v) is 5.76. The van der Waals surface area contributed by atoms with Gasteiger partial charge in [-0.1, -0.05) is 17.3 Å². The van der Waals surface area contributed by atoms with Gasteiger partial charge in [0.15, 0.2) is 0 Å². The largest absolute Gasteiger partial charge is 0.379 e. The number of benzene rings is 1. The van der Waals surface area contributed by atoms with Crippen LogP contribution in [0.3, 0.4) is 0 Å². The van der Waals surface area contributed by atoms with Crippen molar-refractivity contribution < 1.29 is 18.4 Å². The van der Waals surface area contributed by atoms with Crippen LogP contribution < -0.4 is 5.32 Å². The van der Waals surface area contributed by atoms with Crippen molar-refractivity contribution in [2.24, 2.45) is 0 Å². The van der Waals surface area contributed by atoms with Crippen molar-refractivity contribution in [2.75, 3.05) is 32.8 Å². The molecule has 1 atom stereocenters. The molecule has 0 saturated carbocycles. The molecule has 2 aromatic rings. The van der Waals surface area contributed by atoms with E-state index < -0.39 is 0 Å². The van der Waals surface area contributed by atoms with Gasteiger partial charge < -0.3 is 14.6 Å². The highest BCUT2D eigenvalue weighted by atomic mass is 19.1. The average Bonchev–Trinajstić information content (AvgIpc) is 3.04. The quantitative estimate of drug-likeness (QED) is 0.905. The molecule has 1 aliphatic heterocycles. The first-order chi connectivity index (χ1) is 11.6. The molecule has 1 fully saturated rings. The third kappa shape index (κ3) is 3.98. The fraction of sp³-hybridized carbons (Fsp3) is 0.412. The number of carbonyl (C=O) groups is 1. The highest BCUT2D eigenvalue weighted by molar-refractivity contribution is 5.91. The van der Waals surface area contributed by atoms with Crippen LogP contribution in [0.15, 0.2) is 34.9 Å². The van der Waals surface area contributed by atoms with Gasteiger partial charge in [0.1, 0.15) is 5.82 Å². The molecule has 128 valence electrons. The minimum Gasteiger partial charge on any atom is -0.379 e. The van der Waals surface area contributed by atoms with Crippen LogP contribution in [0.25, 0.3) is 0 Å². The van der Waals surface area contributed by atoms with Crippen LogP contribution >= 0.6 is 0 Å². The number of hydrogen-bond acceptors (Lipinski definition) is 5. The normalized spacial score (nSPS) is 16.8. The maximum Gasteiger partial charge on any atom is 0.289 e. The molecule has 1 aliphatic rings. The van der Waals surface area contributed by atoms with E-state index in [1.165, 1.54) is 12.1 Å². The lowest BCUT2D eigenvalue weighted by atomic mass is 10.0. The lowest BCUT2D eigenvalue weighted by molar-refractivity contribution is 0.0161. The maximum atomic E-state index is 13.2. The van der Waals surface area contributed by atoms with Crippen molar-refractivity contribution in [1.82, 2.24) is 15.4 Å². The van der Waals surface area contributed by atoms with Gasteiger partial charge in [0, 0.05) is 25.7 Å². The van der Waals surface area contributed by atoms with Crippen LogP contribution in [0.5, 0.6) is 0 Å². The molecular formula is C17H20FN3O3. The summed E-state index contributed by atoms with van der Waals surface area (Å²) < 4.78 is 23.6. The summed E-state index contributed by atoms with van der Waals surface area (Å²) in [7, 11) is 0. The Morgan fingerprint density at radius 2 is 2.04 bits per heavy atom. The first-order valence-electron chi connectivity index (χ1n) is 7.92. The summed E-state index contributed by atoms with van der Waals surface area (Å²) in [5, 5.41) is 6.59. The first-order valence-corrected chi connectivity index (χ1v) is 7.92. The van der Waals surface area contributed by atoms with Gasteiger partial charge in [-0.05, 0) is 24.6 Å². The highest BCUT2D eigenvalue weighted by Gasteiger charge is 2.24. The van der Waals surface area contributed by atoms with E-state index in [1.807, 2.05) is 0 Å². The Morgan fingerprint density at radius 3 is 2.67 bits per heavy atom. The average molecular weight is 333 g/mol. The number of aryl methyl sites for hydroxylation is 1. The fourth-order valence-electron chi connectivity index (χ4n) is 2.78. The molecule has 0 radical (unpaired) electrons. The molecule has 6 nitrogen and oxygen atoms in total. The summed E-state index contributed by atoms with van der Waals surface area (Å²) in [6.45, 7) is 4.97. The van der Waals surface area contributed by atoms with Gasteiger partial charge in [0.05, 0.1) is 24.9 Å². The van der Waals surface area contributed by atoms with E-state index in [4.69, 9.17) is 9.26 Å². The Kier molecular flexibility index (Phi) is 5.22. The van der Waals surface area contributed by atoms with Crippen LogP contribution in [0.4, 0.5) is 4.39 Å². The number of ether oxygens (including phenoxy) is 1. The lowest BCUT2D eigenvalue weighted by Gasteiger charge is -2.34. The zero-order valence-electron chi connectivity index (χ0n) is 13.5. The molecule has 2 heterocycles. The number of hydrogen-bond donors (Lipinski definition) is 1. The molecule has 1 aromatic carbocycles. The van der Waals surface area contributed by atoms with Crippen LogP contribution in [-0.2, 0) is 4.74 Å². The zero-order valence-corrected chi connectivity index (χ0v) is 13.5. The molecule has 1 N–H and O–H groups in total. The molecule has 1 unspecified atom stereocenters. The van der Waals surface area contributed by atoms with E-state index in [0.717, 1.165) is 18.7 Å². The molecule has 0 aliphatic carbocycles. The molecule has 1 aromatic heterocycles. The number of nitrogens with one attached hydrogen (secondary N) is 1. The molecule has 1 saturated heterocycles. The summed E-state index contributed by atoms with van der Waals surface area (Å²) in [6, 6.07) is 7.91. The summed E-state index contributed by atoms with van der Waals surface area (Å²) >= 11 is 0. The van der Waals surface area contributed by atoms with Crippen LogP contribution in [0, 0.1) is 12.7 Å². The van der Waals surface area contributed by atoms with Gasteiger partial charge in [-0.3, -0.25) is 9.69 Å². The molecule has 7 heteroatoms. The molecule has 3 rings (SSSR count). The van der Waals surface area contributed by atoms with Crippen molar-refractivity contribution in [3.63, 3.8) is 0 Å². The summed E-state index contributed by atoms with van der Waals surface area (Å²) in [5.41, 5.74) is 1.61. The van der Waals surface area contributed by atoms with E-state index >= 15 is 0 Å². The number of nitrogens with zero attached hydrogens (tertiary/aromatic N) is 2. The predicted octanol–water partition coefficient (Wildman–Crippen LogP) is 1.93. The molecule has 1 amide bonds. The molecule has 24 heavy (non-hydrogen) atoms. The Labute approximate surface area is 139 Å².